The third-order valence-electron chi connectivity index (χ3n) is 4.76. The summed E-state index contributed by atoms with van der Waals surface area (Å²) in [5.41, 5.74) is 0.721. The van der Waals surface area contributed by atoms with Crippen LogP contribution in [0.1, 0.15) is 32.6 Å². The number of quaternary nitrogens is 1. The molecule has 1 aromatic carbocycles. The van der Waals surface area contributed by atoms with Gasteiger partial charge in [-0.2, -0.15) is 0 Å². The molecule has 0 bridgehead atoms. The standard InChI is InChI=1S/C19H29N3O3/c1-14-6-4-5-7-17(14)21-19(24)13-22(2)12-18(23)20-15-8-10-16(25-3)11-9-15/h8-11,14,17H,4-7,12-13H2,1-3H3,(H,20,23)(H,21,24)/p+1/t14-,17+/m0/s1. The molecule has 1 aliphatic carbocycles. The van der Waals surface area contributed by atoms with Crippen molar-refractivity contribution in [3.05, 3.63) is 24.3 Å². The number of methoxy groups -OCH3 is 1. The van der Waals surface area contributed by atoms with Crippen molar-refractivity contribution in [3.8, 4) is 5.75 Å². The van der Waals surface area contributed by atoms with Crippen molar-refractivity contribution in [2.45, 2.75) is 38.6 Å². The molecule has 25 heavy (non-hydrogen) atoms. The van der Waals surface area contributed by atoms with Crippen molar-refractivity contribution in [2.75, 3.05) is 32.6 Å². The van der Waals surface area contributed by atoms with Crippen LogP contribution in [0.2, 0.25) is 0 Å². The molecule has 2 amide bonds. The maximum Gasteiger partial charge on any atom is 0.279 e. The van der Waals surface area contributed by atoms with E-state index >= 15 is 0 Å². The highest BCUT2D eigenvalue weighted by Gasteiger charge is 2.24. The highest BCUT2D eigenvalue weighted by atomic mass is 16.5. The predicted molar refractivity (Wildman–Crippen MR) is 97.8 cm³/mol. The van der Waals surface area contributed by atoms with Crippen LogP contribution in [0.5, 0.6) is 5.75 Å². The van der Waals surface area contributed by atoms with Gasteiger partial charge in [0.25, 0.3) is 11.8 Å². The van der Waals surface area contributed by atoms with Crippen molar-refractivity contribution in [2.24, 2.45) is 5.92 Å². The molecule has 2 rings (SSSR count). The first-order chi connectivity index (χ1) is 12.0. The van der Waals surface area contributed by atoms with E-state index in [9.17, 15) is 9.59 Å². The minimum Gasteiger partial charge on any atom is -0.497 e. The maximum atomic E-state index is 12.2. The van der Waals surface area contributed by atoms with Crippen LogP contribution in [-0.2, 0) is 9.59 Å². The van der Waals surface area contributed by atoms with Gasteiger partial charge in [-0.15, -0.1) is 0 Å². The molecular formula is C19H30N3O3+. The summed E-state index contributed by atoms with van der Waals surface area (Å²) in [6, 6.07) is 7.46. The highest BCUT2D eigenvalue weighted by Crippen LogP contribution is 2.23. The lowest BCUT2D eigenvalue weighted by molar-refractivity contribution is -0.862. The number of carbonyl (C=O) groups excluding carboxylic acids is 2. The summed E-state index contributed by atoms with van der Waals surface area (Å²) in [5.74, 6) is 1.20. The Morgan fingerprint density at radius 2 is 1.76 bits per heavy atom. The van der Waals surface area contributed by atoms with Gasteiger partial charge < -0.3 is 20.3 Å². The van der Waals surface area contributed by atoms with Crippen molar-refractivity contribution < 1.29 is 19.2 Å². The van der Waals surface area contributed by atoms with Gasteiger partial charge in [0.15, 0.2) is 13.1 Å². The SMILES string of the molecule is COc1ccc(NC(=O)C[NH+](C)CC(=O)N[C@@H]2CCCC[C@@H]2C)cc1. The second-order valence-electron chi connectivity index (χ2n) is 7.02. The first kappa shape index (κ1) is 19.2. The number of ether oxygens (including phenoxy) is 1. The molecule has 3 N–H and O–H groups in total. The monoisotopic (exact) mass is 348 g/mol. The third-order valence-corrected chi connectivity index (χ3v) is 4.76. The lowest BCUT2D eigenvalue weighted by atomic mass is 9.86. The van der Waals surface area contributed by atoms with Gasteiger partial charge in [0.05, 0.1) is 14.2 Å². The number of anilines is 1. The molecule has 1 aliphatic rings. The average Bonchev–Trinajstić information content (AvgIpc) is 2.57. The summed E-state index contributed by atoms with van der Waals surface area (Å²) < 4.78 is 5.09. The van der Waals surface area contributed by atoms with Gasteiger partial charge in [0, 0.05) is 11.7 Å². The number of nitrogens with one attached hydrogen (secondary N) is 3. The van der Waals surface area contributed by atoms with E-state index in [1.807, 2.05) is 7.05 Å². The van der Waals surface area contributed by atoms with Crippen LogP contribution in [0.25, 0.3) is 0 Å². The zero-order valence-corrected chi connectivity index (χ0v) is 15.4. The van der Waals surface area contributed by atoms with Crippen molar-refractivity contribution in [1.82, 2.24) is 5.32 Å². The van der Waals surface area contributed by atoms with Gasteiger partial charge in [-0.3, -0.25) is 9.59 Å². The van der Waals surface area contributed by atoms with E-state index in [4.69, 9.17) is 4.74 Å². The van der Waals surface area contributed by atoms with Crippen molar-refractivity contribution in [3.63, 3.8) is 0 Å². The normalized spacial score (nSPS) is 21.2. The molecule has 1 aromatic rings. The molecule has 1 saturated carbocycles. The summed E-state index contributed by atoms with van der Waals surface area (Å²) in [6.45, 7) is 2.75. The average molecular weight is 348 g/mol. The van der Waals surface area contributed by atoms with E-state index < -0.39 is 0 Å². The van der Waals surface area contributed by atoms with Gasteiger partial charge in [-0.1, -0.05) is 19.8 Å². The first-order valence-corrected chi connectivity index (χ1v) is 9.02. The van der Waals surface area contributed by atoms with Crippen molar-refractivity contribution in [1.29, 1.82) is 0 Å². The molecule has 0 aromatic heterocycles. The number of carbonyl (C=O) groups is 2. The molecule has 6 nitrogen and oxygen atoms in total. The van der Waals surface area contributed by atoms with Crippen LogP contribution in [-0.4, -0.2) is 45.1 Å². The Hall–Kier alpha value is -2.08. The number of likely N-dealkylation sites (N-methyl/N-ethyl adjacent to an activating group) is 1. The smallest absolute Gasteiger partial charge is 0.279 e. The number of benzene rings is 1. The molecule has 0 spiro atoms. The Kier molecular flexibility index (Phi) is 7.25. The van der Waals surface area contributed by atoms with Gasteiger partial charge in [-0.25, -0.2) is 0 Å². The van der Waals surface area contributed by atoms with Crippen molar-refractivity contribution >= 4 is 17.5 Å². The quantitative estimate of drug-likeness (QED) is 0.684. The molecule has 138 valence electrons. The van der Waals surface area contributed by atoms with Gasteiger partial charge in [0.2, 0.25) is 0 Å². The van der Waals surface area contributed by atoms with E-state index in [1.54, 1.807) is 31.4 Å². The van der Waals surface area contributed by atoms with Crippen LogP contribution in [0.4, 0.5) is 5.69 Å². The molecule has 0 heterocycles. The van der Waals surface area contributed by atoms with Crippen LogP contribution < -0.4 is 20.3 Å². The van der Waals surface area contributed by atoms with E-state index in [0.717, 1.165) is 22.8 Å². The van der Waals surface area contributed by atoms with Gasteiger partial charge >= 0.3 is 0 Å². The fourth-order valence-electron chi connectivity index (χ4n) is 3.28. The summed E-state index contributed by atoms with van der Waals surface area (Å²) >= 11 is 0. The number of hydrogen-bond acceptors (Lipinski definition) is 3. The lowest BCUT2D eigenvalue weighted by Crippen LogP contribution is -3.11. The molecule has 0 radical (unpaired) electrons. The minimum absolute atomic E-state index is 0.0218. The van der Waals surface area contributed by atoms with Crippen LogP contribution in [0.3, 0.4) is 0 Å². The van der Waals surface area contributed by atoms with Crippen LogP contribution in [0.15, 0.2) is 24.3 Å². The summed E-state index contributed by atoms with van der Waals surface area (Å²) in [6.07, 6.45) is 4.67. The Morgan fingerprint density at radius 1 is 1.12 bits per heavy atom. The van der Waals surface area contributed by atoms with Gasteiger partial charge in [0.1, 0.15) is 5.75 Å². The fraction of sp³-hybridized carbons (Fsp3) is 0.579. The predicted octanol–water partition coefficient (Wildman–Crippen LogP) is 0.843. The maximum absolute atomic E-state index is 12.2. The molecule has 1 fully saturated rings. The number of rotatable bonds is 7. The second kappa shape index (κ2) is 9.42. The van der Waals surface area contributed by atoms with Gasteiger partial charge in [-0.05, 0) is 43.0 Å². The zero-order valence-electron chi connectivity index (χ0n) is 15.4. The fourth-order valence-corrected chi connectivity index (χ4v) is 3.28. The molecule has 6 heteroatoms. The highest BCUT2D eigenvalue weighted by molar-refractivity contribution is 5.91. The van der Waals surface area contributed by atoms with Crippen LogP contribution >= 0.6 is 0 Å². The first-order valence-electron chi connectivity index (χ1n) is 9.02. The molecule has 0 saturated heterocycles. The Labute approximate surface area is 149 Å². The topological polar surface area (TPSA) is 71.9 Å². The van der Waals surface area contributed by atoms with E-state index in [-0.39, 0.29) is 24.4 Å². The molecular weight excluding hydrogens is 318 g/mol. The minimum atomic E-state index is -0.110. The lowest BCUT2D eigenvalue weighted by Gasteiger charge is -2.29. The number of amides is 2. The van der Waals surface area contributed by atoms with E-state index in [0.29, 0.717) is 12.5 Å². The largest absolute Gasteiger partial charge is 0.497 e. The van der Waals surface area contributed by atoms with E-state index in [2.05, 4.69) is 17.6 Å². The Bertz CT molecular complexity index is 574. The molecule has 3 atom stereocenters. The summed E-state index contributed by atoms with van der Waals surface area (Å²) in [4.78, 5) is 25.2. The summed E-state index contributed by atoms with van der Waals surface area (Å²) in [5, 5.41) is 5.97. The Morgan fingerprint density at radius 3 is 2.40 bits per heavy atom. The molecule has 1 unspecified atom stereocenters. The molecule has 0 aliphatic heterocycles. The Balaban J connectivity index is 1.73. The second-order valence-corrected chi connectivity index (χ2v) is 7.02. The third kappa shape index (κ3) is 6.38. The van der Waals surface area contributed by atoms with Crippen LogP contribution in [0, 0.1) is 5.92 Å². The van der Waals surface area contributed by atoms with E-state index in [1.165, 1.54) is 19.3 Å². The zero-order chi connectivity index (χ0) is 18.2. The number of hydrogen-bond donors (Lipinski definition) is 3. The summed E-state index contributed by atoms with van der Waals surface area (Å²) in [7, 11) is 3.46.